The van der Waals surface area contributed by atoms with Crippen LogP contribution in [0.4, 0.5) is 5.69 Å². The summed E-state index contributed by atoms with van der Waals surface area (Å²) in [5.41, 5.74) is 4.33. The van der Waals surface area contributed by atoms with Gasteiger partial charge in [-0.25, -0.2) is 0 Å². The van der Waals surface area contributed by atoms with Gasteiger partial charge in [-0.1, -0.05) is 30.3 Å². The number of piperidine rings is 1. The average Bonchev–Trinajstić information content (AvgIpc) is 3.15. The van der Waals surface area contributed by atoms with Crippen molar-refractivity contribution in [2.75, 3.05) is 18.0 Å². The molecule has 0 unspecified atom stereocenters. The highest BCUT2D eigenvalue weighted by atomic mass is 16.3. The van der Waals surface area contributed by atoms with Crippen LogP contribution >= 0.6 is 0 Å². The summed E-state index contributed by atoms with van der Waals surface area (Å²) in [5, 5.41) is 19.0. The second-order valence-corrected chi connectivity index (χ2v) is 8.57. The third-order valence-electron chi connectivity index (χ3n) is 6.44. The Morgan fingerprint density at radius 1 is 1.19 bits per heavy atom. The van der Waals surface area contributed by atoms with Crippen LogP contribution in [-0.4, -0.2) is 45.0 Å². The van der Waals surface area contributed by atoms with E-state index in [4.69, 9.17) is 0 Å². The predicted octanol–water partition coefficient (Wildman–Crippen LogP) is 3.12. The largest absolute Gasteiger partial charge is 0.388 e. The van der Waals surface area contributed by atoms with E-state index in [1.54, 1.807) is 10.9 Å². The van der Waals surface area contributed by atoms with Crippen LogP contribution in [0.5, 0.6) is 0 Å². The number of benzene rings is 1. The molecule has 1 aliphatic rings. The first-order chi connectivity index (χ1) is 15.3. The van der Waals surface area contributed by atoms with Gasteiger partial charge in [-0.2, -0.15) is 5.10 Å². The molecule has 1 amide bonds. The van der Waals surface area contributed by atoms with Crippen LogP contribution in [-0.2, 0) is 12.1 Å². The number of carbonyl (C=O) groups is 1. The van der Waals surface area contributed by atoms with Crippen LogP contribution in [0.2, 0.25) is 0 Å². The molecule has 2 aromatic heterocycles. The Morgan fingerprint density at radius 3 is 2.47 bits per heavy atom. The lowest BCUT2D eigenvalue weighted by molar-refractivity contribution is 0.0366. The molecule has 1 fully saturated rings. The zero-order valence-corrected chi connectivity index (χ0v) is 19.2. The number of anilines is 1. The highest BCUT2D eigenvalue weighted by molar-refractivity contribution is 5.95. The lowest BCUT2D eigenvalue weighted by Crippen LogP contribution is -2.62. The molecule has 3 aromatic rings. The van der Waals surface area contributed by atoms with Gasteiger partial charge in [0.05, 0.1) is 23.4 Å². The van der Waals surface area contributed by atoms with Crippen molar-refractivity contribution in [2.45, 2.75) is 52.3 Å². The van der Waals surface area contributed by atoms with Crippen molar-refractivity contribution in [1.82, 2.24) is 20.1 Å². The van der Waals surface area contributed by atoms with Crippen molar-refractivity contribution in [3.8, 4) is 0 Å². The van der Waals surface area contributed by atoms with Crippen LogP contribution < -0.4 is 10.2 Å². The maximum absolute atomic E-state index is 13.3. The van der Waals surface area contributed by atoms with Crippen molar-refractivity contribution >= 4 is 11.6 Å². The van der Waals surface area contributed by atoms with E-state index >= 15 is 0 Å². The second-order valence-electron chi connectivity index (χ2n) is 8.57. The number of nitrogens with one attached hydrogen (secondary N) is 1. The number of hydrogen-bond donors (Lipinski definition) is 2. The normalized spacial score (nSPS) is 20.9. The van der Waals surface area contributed by atoms with E-state index in [0.717, 1.165) is 28.3 Å². The van der Waals surface area contributed by atoms with E-state index in [1.807, 2.05) is 70.2 Å². The average molecular weight is 434 g/mol. The number of nitrogens with zero attached hydrogens (tertiary/aromatic N) is 4. The van der Waals surface area contributed by atoms with Gasteiger partial charge in [0.2, 0.25) is 0 Å². The third kappa shape index (κ3) is 4.00. The molecule has 4 rings (SSSR count). The van der Waals surface area contributed by atoms with E-state index in [0.29, 0.717) is 31.6 Å². The number of β-amino-alcohol motifs (C(OH)–C–C–N with tert-alkyl or cyclic N) is 1. The molecular weight excluding hydrogens is 402 g/mol. The van der Waals surface area contributed by atoms with Crippen molar-refractivity contribution < 1.29 is 9.90 Å². The molecule has 2 atom stereocenters. The zero-order valence-electron chi connectivity index (χ0n) is 19.2. The summed E-state index contributed by atoms with van der Waals surface area (Å²) in [7, 11) is 0. The van der Waals surface area contributed by atoms with Crippen LogP contribution in [0.1, 0.15) is 46.3 Å². The summed E-state index contributed by atoms with van der Waals surface area (Å²) in [4.78, 5) is 20.0. The summed E-state index contributed by atoms with van der Waals surface area (Å²) in [6.07, 6.45) is 1.39. The standard InChI is InChI=1S/C25H31N5O2/c1-5-30-19(4)22(15-26-30)24(32)28-25(20-9-7-6-8-10-20)11-12-29(16-23(25)31)21-13-17(2)27-18(3)14-21/h6-10,13-15,23,31H,5,11-12,16H2,1-4H3,(H,28,32)/t23-,25-/m1/s1. The van der Waals surface area contributed by atoms with Gasteiger partial charge in [-0.3, -0.25) is 14.5 Å². The Morgan fingerprint density at radius 2 is 1.88 bits per heavy atom. The highest BCUT2D eigenvalue weighted by Gasteiger charge is 2.45. The van der Waals surface area contributed by atoms with Crippen molar-refractivity contribution in [1.29, 1.82) is 0 Å². The van der Waals surface area contributed by atoms with Gasteiger partial charge in [0.1, 0.15) is 0 Å². The van der Waals surface area contributed by atoms with Crippen LogP contribution in [0, 0.1) is 20.8 Å². The summed E-state index contributed by atoms with van der Waals surface area (Å²) >= 11 is 0. The number of aromatic nitrogens is 3. The Hall–Kier alpha value is -3.19. The Kier molecular flexibility index (Phi) is 6.02. The van der Waals surface area contributed by atoms with E-state index < -0.39 is 11.6 Å². The van der Waals surface area contributed by atoms with Gasteiger partial charge < -0.3 is 15.3 Å². The molecule has 0 aliphatic carbocycles. The monoisotopic (exact) mass is 433 g/mol. The van der Waals surface area contributed by atoms with E-state index in [-0.39, 0.29) is 5.91 Å². The number of aryl methyl sites for hydroxylation is 3. The second kappa shape index (κ2) is 8.74. The van der Waals surface area contributed by atoms with Gasteiger partial charge in [0, 0.05) is 42.4 Å². The molecular formula is C25H31N5O2. The minimum absolute atomic E-state index is 0.214. The Balaban J connectivity index is 1.66. The van der Waals surface area contributed by atoms with E-state index in [9.17, 15) is 9.90 Å². The molecule has 1 aromatic carbocycles. The first-order valence-corrected chi connectivity index (χ1v) is 11.1. The maximum atomic E-state index is 13.3. The molecule has 7 heteroatoms. The zero-order chi connectivity index (χ0) is 22.9. The summed E-state index contributed by atoms with van der Waals surface area (Å²) in [6.45, 7) is 9.65. The molecule has 0 bridgehead atoms. The summed E-state index contributed by atoms with van der Waals surface area (Å²) < 4.78 is 1.80. The maximum Gasteiger partial charge on any atom is 0.255 e. The molecule has 0 radical (unpaired) electrons. The number of aliphatic hydroxyl groups is 1. The molecule has 1 saturated heterocycles. The fourth-order valence-corrected chi connectivity index (χ4v) is 4.71. The Bertz CT molecular complexity index is 1090. The predicted molar refractivity (Wildman–Crippen MR) is 125 cm³/mol. The SMILES string of the molecule is CCn1ncc(C(=O)N[C@@]2(c3ccccc3)CCN(c3cc(C)nc(C)c3)C[C@H]2O)c1C. The van der Waals surface area contributed by atoms with Crippen LogP contribution in [0.25, 0.3) is 0 Å². The smallest absolute Gasteiger partial charge is 0.255 e. The van der Waals surface area contributed by atoms with Crippen molar-refractivity contribution in [3.05, 3.63) is 76.9 Å². The van der Waals surface area contributed by atoms with E-state index in [2.05, 4.69) is 20.3 Å². The van der Waals surface area contributed by atoms with Gasteiger partial charge in [-0.15, -0.1) is 0 Å². The van der Waals surface area contributed by atoms with Crippen LogP contribution in [0.3, 0.4) is 0 Å². The molecule has 32 heavy (non-hydrogen) atoms. The molecule has 0 spiro atoms. The summed E-state index contributed by atoms with van der Waals surface area (Å²) in [6, 6.07) is 13.9. The fourth-order valence-electron chi connectivity index (χ4n) is 4.71. The number of hydrogen-bond acceptors (Lipinski definition) is 5. The fraction of sp³-hybridized carbons (Fsp3) is 0.400. The summed E-state index contributed by atoms with van der Waals surface area (Å²) in [5.74, 6) is -0.214. The quantitative estimate of drug-likeness (QED) is 0.646. The minimum Gasteiger partial charge on any atom is -0.388 e. The van der Waals surface area contributed by atoms with Gasteiger partial charge in [-0.05, 0) is 51.8 Å². The molecule has 1 aliphatic heterocycles. The van der Waals surface area contributed by atoms with Crippen molar-refractivity contribution in [3.63, 3.8) is 0 Å². The minimum atomic E-state index is -0.882. The molecule has 3 heterocycles. The Labute approximate surface area is 189 Å². The third-order valence-corrected chi connectivity index (χ3v) is 6.44. The first-order valence-electron chi connectivity index (χ1n) is 11.1. The highest BCUT2D eigenvalue weighted by Crippen LogP contribution is 2.36. The van der Waals surface area contributed by atoms with Gasteiger partial charge >= 0.3 is 0 Å². The number of pyridine rings is 1. The topological polar surface area (TPSA) is 83.3 Å². The van der Waals surface area contributed by atoms with Gasteiger partial charge in [0.25, 0.3) is 5.91 Å². The molecule has 0 saturated carbocycles. The van der Waals surface area contributed by atoms with Crippen molar-refractivity contribution in [2.24, 2.45) is 0 Å². The van der Waals surface area contributed by atoms with E-state index in [1.165, 1.54) is 0 Å². The molecule has 168 valence electrons. The molecule has 7 nitrogen and oxygen atoms in total. The first kappa shape index (κ1) is 22.0. The lowest BCUT2D eigenvalue weighted by Gasteiger charge is -2.47. The lowest BCUT2D eigenvalue weighted by atomic mass is 9.78. The number of amides is 1. The van der Waals surface area contributed by atoms with Gasteiger partial charge in [0.15, 0.2) is 0 Å². The number of aliphatic hydroxyl groups excluding tert-OH is 1. The molecule has 2 N–H and O–H groups in total. The van der Waals surface area contributed by atoms with Crippen LogP contribution in [0.15, 0.2) is 48.7 Å². The number of rotatable bonds is 5. The number of carbonyl (C=O) groups excluding carboxylic acids is 1.